The molecule has 4 rings (SSSR count). The van der Waals surface area contributed by atoms with Gasteiger partial charge in [-0.1, -0.05) is 45.9 Å². The number of methoxy groups -OCH3 is 2. The highest BCUT2D eigenvalue weighted by Crippen LogP contribution is 2.38. The van der Waals surface area contributed by atoms with Crippen molar-refractivity contribution >= 4 is 12.1 Å². The SMILES string of the molecule is COc1cc2c(cc1OC)-c1cc(=Nc3c(C(C)C)cccc3C(C)C)n(CC(N)NC=O)c(=O)n1CC2. The minimum absolute atomic E-state index is 0.0797. The Morgan fingerprint density at radius 3 is 2.26 bits per heavy atom. The molecule has 1 amide bonds. The molecule has 1 aromatic heterocycles. The van der Waals surface area contributed by atoms with Crippen molar-refractivity contribution < 1.29 is 14.3 Å². The number of para-hydroxylation sites is 1. The second-order valence-electron chi connectivity index (χ2n) is 10.1. The number of hydrogen-bond donors (Lipinski definition) is 2. The minimum Gasteiger partial charge on any atom is -0.493 e. The number of nitrogens with one attached hydrogen (secondary N) is 1. The molecular weight excluding hydrogens is 482 g/mol. The molecule has 9 nitrogen and oxygen atoms in total. The van der Waals surface area contributed by atoms with E-state index in [9.17, 15) is 9.59 Å². The second kappa shape index (κ2) is 11.3. The molecule has 3 aromatic rings. The molecule has 38 heavy (non-hydrogen) atoms. The lowest BCUT2D eigenvalue weighted by molar-refractivity contribution is -0.110. The molecule has 0 spiro atoms. The number of amides is 1. The highest BCUT2D eigenvalue weighted by atomic mass is 16.5. The van der Waals surface area contributed by atoms with Crippen LogP contribution in [0.25, 0.3) is 11.3 Å². The molecule has 2 aromatic carbocycles. The first-order valence-corrected chi connectivity index (χ1v) is 12.9. The molecule has 0 radical (unpaired) electrons. The van der Waals surface area contributed by atoms with Crippen molar-refractivity contribution in [3.05, 3.63) is 69.1 Å². The van der Waals surface area contributed by atoms with Crippen LogP contribution in [0.4, 0.5) is 5.69 Å². The fourth-order valence-corrected chi connectivity index (χ4v) is 5.02. The third-order valence-electron chi connectivity index (χ3n) is 7.02. The van der Waals surface area contributed by atoms with Gasteiger partial charge in [-0.3, -0.25) is 13.9 Å². The van der Waals surface area contributed by atoms with E-state index in [1.807, 2.05) is 18.2 Å². The number of fused-ring (bicyclic) bond motifs is 3. The Bertz CT molecular complexity index is 1440. The van der Waals surface area contributed by atoms with Gasteiger partial charge >= 0.3 is 5.69 Å². The second-order valence-corrected chi connectivity index (χ2v) is 10.1. The third kappa shape index (κ3) is 5.11. The summed E-state index contributed by atoms with van der Waals surface area (Å²) in [4.78, 5) is 30.1. The first-order valence-electron chi connectivity index (χ1n) is 12.9. The number of aromatic nitrogens is 2. The van der Waals surface area contributed by atoms with E-state index in [1.54, 1.807) is 23.4 Å². The number of rotatable bonds is 9. The lowest BCUT2D eigenvalue weighted by Gasteiger charge is -2.25. The van der Waals surface area contributed by atoms with Crippen LogP contribution >= 0.6 is 0 Å². The fourth-order valence-electron chi connectivity index (χ4n) is 5.02. The summed E-state index contributed by atoms with van der Waals surface area (Å²) in [5.41, 5.74) is 12.1. The molecule has 2 heterocycles. The molecule has 0 saturated heterocycles. The Balaban J connectivity index is 2.07. The monoisotopic (exact) mass is 519 g/mol. The van der Waals surface area contributed by atoms with E-state index in [2.05, 4.69) is 51.2 Å². The summed E-state index contributed by atoms with van der Waals surface area (Å²) >= 11 is 0. The number of aryl methyl sites for hydroxylation is 1. The van der Waals surface area contributed by atoms with E-state index >= 15 is 0 Å². The maximum Gasteiger partial charge on any atom is 0.330 e. The van der Waals surface area contributed by atoms with Crippen LogP contribution in [0.5, 0.6) is 11.5 Å². The quantitative estimate of drug-likeness (QED) is 0.332. The van der Waals surface area contributed by atoms with E-state index in [4.69, 9.17) is 20.2 Å². The van der Waals surface area contributed by atoms with Crippen molar-refractivity contribution in [3.63, 3.8) is 0 Å². The first-order chi connectivity index (χ1) is 18.2. The average Bonchev–Trinajstić information content (AvgIpc) is 2.89. The molecular formula is C29H37N5O4. The molecule has 3 N–H and O–H groups in total. The number of nitrogens with zero attached hydrogens (tertiary/aromatic N) is 3. The van der Waals surface area contributed by atoms with Gasteiger partial charge in [-0.05, 0) is 47.1 Å². The molecule has 0 bridgehead atoms. The Labute approximate surface area is 222 Å². The molecule has 202 valence electrons. The van der Waals surface area contributed by atoms with Crippen LogP contribution in [0, 0.1) is 0 Å². The van der Waals surface area contributed by atoms with Crippen LogP contribution in [0.1, 0.15) is 56.2 Å². The maximum absolute atomic E-state index is 13.9. The van der Waals surface area contributed by atoms with Crippen molar-refractivity contribution in [2.45, 2.75) is 65.2 Å². The average molecular weight is 520 g/mol. The van der Waals surface area contributed by atoms with Gasteiger partial charge in [0.15, 0.2) is 11.5 Å². The summed E-state index contributed by atoms with van der Waals surface area (Å²) in [5, 5.41) is 2.55. The first kappa shape index (κ1) is 27.2. The molecule has 0 fully saturated rings. The summed E-state index contributed by atoms with van der Waals surface area (Å²) in [6, 6.07) is 12.0. The Hall–Kier alpha value is -3.85. The zero-order valence-corrected chi connectivity index (χ0v) is 22.9. The summed E-state index contributed by atoms with van der Waals surface area (Å²) < 4.78 is 14.4. The van der Waals surface area contributed by atoms with Crippen LogP contribution in [0.15, 0.2) is 46.2 Å². The number of carbonyl (C=O) groups excluding carboxylic acids is 1. The van der Waals surface area contributed by atoms with Gasteiger partial charge in [0.2, 0.25) is 6.41 Å². The lowest BCUT2D eigenvalue weighted by Crippen LogP contribution is -2.49. The normalized spacial score (nSPS) is 13.8. The molecule has 0 saturated carbocycles. The zero-order chi connectivity index (χ0) is 27.6. The number of ether oxygens (including phenoxy) is 2. The van der Waals surface area contributed by atoms with Crippen LogP contribution in [-0.4, -0.2) is 35.9 Å². The highest BCUT2D eigenvalue weighted by Gasteiger charge is 2.23. The number of benzene rings is 2. The Kier molecular flexibility index (Phi) is 8.06. The molecule has 1 aliphatic rings. The van der Waals surface area contributed by atoms with Crippen LogP contribution in [-0.2, 0) is 24.3 Å². The Morgan fingerprint density at radius 2 is 1.68 bits per heavy atom. The van der Waals surface area contributed by atoms with E-state index in [1.165, 1.54) is 0 Å². The molecule has 1 aliphatic heterocycles. The lowest BCUT2D eigenvalue weighted by atomic mass is 9.93. The Morgan fingerprint density at radius 1 is 1.05 bits per heavy atom. The van der Waals surface area contributed by atoms with Gasteiger partial charge in [-0.2, -0.15) is 0 Å². The smallest absolute Gasteiger partial charge is 0.330 e. The van der Waals surface area contributed by atoms with E-state index in [0.29, 0.717) is 36.4 Å². The van der Waals surface area contributed by atoms with Gasteiger partial charge in [0.05, 0.1) is 38.3 Å². The topological polar surface area (TPSA) is 113 Å². The zero-order valence-electron chi connectivity index (χ0n) is 22.9. The largest absolute Gasteiger partial charge is 0.493 e. The number of hydrogen-bond acceptors (Lipinski definition) is 6. The van der Waals surface area contributed by atoms with Crippen molar-refractivity contribution in [3.8, 4) is 22.8 Å². The fraction of sp³-hybridized carbons (Fsp3) is 0.414. The van der Waals surface area contributed by atoms with Crippen molar-refractivity contribution in [2.24, 2.45) is 10.7 Å². The van der Waals surface area contributed by atoms with Gasteiger partial charge in [0.1, 0.15) is 5.49 Å². The highest BCUT2D eigenvalue weighted by molar-refractivity contribution is 5.70. The van der Waals surface area contributed by atoms with Crippen LogP contribution in [0.3, 0.4) is 0 Å². The molecule has 0 aliphatic carbocycles. The molecule has 1 unspecified atom stereocenters. The van der Waals surface area contributed by atoms with Gasteiger partial charge in [0, 0.05) is 18.2 Å². The number of carbonyl (C=O) groups is 1. The van der Waals surface area contributed by atoms with E-state index in [-0.39, 0.29) is 24.1 Å². The minimum atomic E-state index is -0.747. The van der Waals surface area contributed by atoms with Crippen molar-refractivity contribution in [2.75, 3.05) is 14.2 Å². The summed E-state index contributed by atoms with van der Waals surface area (Å²) in [5.74, 6) is 1.70. The van der Waals surface area contributed by atoms with E-state index < -0.39 is 6.17 Å². The molecule has 9 heteroatoms. The van der Waals surface area contributed by atoms with E-state index in [0.717, 1.165) is 33.6 Å². The maximum atomic E-state index is 13.9. The van der Waals surface area contributed by atoms with Gasteiger partial charge in [0.25, 0.3) is 0 Å². The third-order valence-corrected chi connectivity index (χ3v) is 7.02. The van der Waals surface area contributed by atoms with Gasteiger partial charge in [-0.15, -0.1) is 0 Å². The summed E-state index contributed by atoms with van der Waals surface area (Å²) in [7, 11) is 3.21. The molecule has 1 atom stereocenters. The predicted molar refractivity (Wildman–Crippen MR) is 148 cm³/mol. The standard InChI is InChI=1S/C29H37N5O4/c1-17(2)20-8-7-9-21(18(3)4)28(20)32-27-14-23-22-13-25(38-6)24(37-5)12-19(22)10-11-33(23)29(36)34(27)15-26(30)31-16-35/h7-9,12-14,16-18,26H,10-11,15,30H2,1-6H3,(H,31,35). The summed E-state index contributed by atoms with van der Waals surface area (Å²) in [6.07, 6.45) is 0.451. The van der Waals surface area contributed by atoms with Crippen molar-refractivity contribution in [1.82, 2.24) is 14.5 Å². The van der Waals surface area contributed by atoms with Crippen molar-refractivity contribution in [1.29, 1.82) is 0 Å². The number of nitrogens with two attached hydrogens (primary N) is 1. The van der Waals surface area contributed by atoms with Gasteiger partial charge in [-0.25, -0.2) is 9.79 Å². The predicted octanol–water partition coefficient (Wildman–Crippen LogP) is 3.40. The van der Waals surface area contributed by atoms with Crippen LogP contribution in [0.2, 0.25) is 0 Å². The van der Waals surface area contributed by atoms with Gasteiger partial charge < -0.3 is 20.5 Å². The summed E-state index contributed by atoms with van der Waals surface area (Å²) in [6.45, 7) is 9.10. The van der Waals surface area contributed by atoms with Crippen LogP contribution < -0.4 is 31.7 Å².